The highest BCUT2D eigenvalue weighted by molar-refractivity contribution is 5.61. The topological polar surface area (TPSA) is 73.8 Å². The predicted molar refractivity (Wildman–Crippen MR) is 53.1 cm³/mol. The molecule has 0 aliphatic heterocycles. The van der Waals surface area contributed by atoms with E-state index in [1.807, 2.05) is 0 Å². The number of nitrogens with zero attached hydrogens (tertiary/aromatic N) is 4. The van der Waals surface area contributed by atoms with Gasteiger partial charge < -0.3 is 0 Å². The van der Waals surface area contributed by atoms with Gasteiger partial charge in [-0.05, 0) is 0 Å². The van der Waals surface area contributed by atoms with E-state index in [2.05, 4.69) is 10.3 Å². The molecule has 76 valence electrons. The normalized spacial score (nSPS) is 10.2. The Balaban J connectivity index is 2.50. The smallest absolute Gasteiger partial charge is 0.258 e. The molecule has 1 aromatic carbocycles. The summed E-state index contributed by atoms with van der Waals surface area (Å²) in [6, 6.07) is 6.37. The second kappa shape index (κ2) is 3.49. The molecular weight excluding hydrogens is 196 g/mol. The lowest BCUT2D eigenvalue weighted by Gasteiger charge is -1.99. The van der Waals surface area contributed by atoms with Crippen LogP contribution in [-0.4, -0.2) is 19.9 Å². The van der Waals surface area contributed by atoms with Crippen LogP contribution in [0.15, 0.2) is 30.5 Å². The molecule has 1 aromatic heterocycles. The van der Waals surface area contributed by atoms with Crippen LogP contribution in [-0.2, 0) is 7.05 Å². The third-order valence-corrected chi connectivity index (χ3v) is 2.07. The second-order valence-electron chi connectivity index (χ2n) is 3.05. The summed E-state index contributed by atoms with van der Waals surface area (Å²) in [5.41, 5.74) is 1.55. The van der Waals surface area contributed by atoms with Crippen LogP contribution >= 0.6 is 0 Å². The summed E-state index contributed by atoms with van der Waals surface area (Å²) in [6.45, 7) is 0. The lowest BCUT2D eigenvalue weighted by atomic mass is 10.1. The Bertz CT molecular complexity index is 506. The van der Waals surface area contributed by atoms with E-state index in [1.54, 1.807) is 30.1 Å². The van der Waals surface area contributed by atoms with Crippen molar-refractivity contribution < 1.29 is 4.92 Å². The molecule has 0 fully saturated rings. The predicted octanol–water partition coefficient (Wildman–Crippen LogP) is 1.39. The molecule has 0 spiro atoms. The van der Waals surface area contributed by atoms with Crippen LogP contribution < -0.4 is 0 Å². The Morgan fingerprint density at radius 1 is 1.47 bits per heavy atom. The van der Waals surface area contributed by atoms with Crippen LogP contribution in [0.5, 0.6) is 0 Å². The highest BCUT2D eigenvalue weighted by atomic mass is 16.6. The van der Waals surface area contributed by atoms with Gasteiger partial charge in [-0.1, -0.05) is 17.3 Å². The van der Waals surface area contributed by atoms with Gasteiger partial charge in [-0.15, -0.1) is 5.10 Å². The molecule has 6 heteroatoms. The first-order valence-electron chi connectivity index (χ1n) is 4.28. The molecule has 0 amide bonds. The first-order valence-corrected chi connectivity index (χ1v) is 4.28. The molecule has 0 radical (unpaired) electrons. The minimum atomic E-state index is -0.423. The van der Waals surface area contributed by atoms with Crippen molar-refractivity contribution in [3.63, 3.8) is 0 Å². The first-order chi connectivity index (χ1) is 7.18. The van der Waals surface area contributed by atoms with Gasteiger partial charge in [0.1, 0.15) is 0 Å². The second-order valence-corrected chi connectivity index (χ2v) is 3.05. The van der Waals surface area contributed by atoms with Crippen molar-refractivity contribution >= 4 is 5.69 Å². The number of hydrogen-bond donors (Lipinski definition) is 0. The van der Waals surface area contributed by atoms with Gasteiger partial charge in [0.05, 0.1) is 16.8 Å². The number of benzene rings is 1. The van der Waals surface area contributed by atoms with Gasteiger partial charge >= 0.3 is 0 Å². The van der Waals surface area contributed by atoms with Gasteiger partial charge in [0.2, 0.25) is 0 Å². The molecule has 0 unspecified atom stereocenters. The summed E-state index contributed by atoms with van der Waals surface area (Å²) in [6.07, 6.45) is 1.57. The minimum Gasteiger partial charge on any atom is -0.258 e. The van der Waals surface area contributed by atoms with E-state index in [9.17, 15) is 10.1 Å². The van der Waals surface area contributed by atoms with Crippen LogP contribution in [0.4, 0.5) is 5.69 Å². The first kappa shape index (κ1) is 9.32. The largest absolute Gasteiger partial charge is 0.270 e. The maximum atomic E-state index is 10.6. The van der Waals surface area contributed by atoms with E-state index in [0.29, 0.717) is 0 Å². The highest BCUT2D eigenvalue weighted by Gasteiger charge is 2.09. The Morgan fingerprint density at radius 2 is 2.27 bits per heavy atom. The van der Waals surface area contributed by atoms with Crippen molar-refractivity contribution in [1.82, 2.24) is 15.0 Å². The fourth-order valence-corrected chi connectivity index (χ4v) is 1.33. The number of rotatable bonds is 2. The Morgan fingerprint density at radius 3 is 2.87 bits per heavy atom. The molecule has 0 saturated heterocycles. The van der Waals surface area contributed by atoms with Crippen molar-refractivity contribution in [3.05, 3.63) is 40.6 Å². The van der Waals surface area contributed by atoms with Gasteiger partial charge in [0, 0.05) is 24.7 Å². The molecule has 0 aliphatic rings. The van der Waals surface area contributed by atoms with Crippen LogP contribution in [0.1, 0.15) is 0 Å². The summed E-state index contributed by atoms with van der Waals surface area (Å²) < 4.78 is 1.57. The molecule has 0 saturated carbocycles. The fourth-order valence-electron chi connectivity index (χ4n) is 1.33. The van der Waals surface area contributed by atoms with E-state index >= 15 is 0 Å². The van der Waals surface area contributed by atoms with Crippen LogP contribution in [0.2, 0.25) is 0 Å². The molecule has 2 rings (SSSR count). The zero-order valence-electron chi connectivity index (χ0n) is 7.99. The lowest BCUT2D eigenvalue weighted by Crippen LogP contribution is -1.94. The van der Waals surface area contributed by atoms with Crippen molar-refractivity contribution in [1.29, 1.82) is 0 Å². The molecule has 6 nitrogen and oxygen atoms in total. The van der Waals surface area contributed by atoms with E-state index in [4.69, 9.17) is 0 Å². The number of nitro groups is 1. The zero-order valence-corrected chi connectivity index (χ0v) is 7.99. The maximum absolute atomic E-state index is 10.6. The Labute approximate surface area is 85.3 Å². The van der Waals surface area contributed by atoms with E-state index < -0.39 is 4.92 Å². The molecule has 0 aliphatic carbocycles. The number of non-ortho nitro benzene ring substituents is 1. The van der Waals surface area contributed by atoms with E-state index in [-0.39, 0.29) is 5.69 Å². The average Bonchev–Trinajstić information content (AvgIpc) is 2.64. The Kier molecular flexibility index (Phi) is 2.17. The van der Waals surface area contributed by atoms with E-state index in [0.717, 1.165) is 11.3 Å². The third kappa shape index (κ3) is 1.69. The molecule has 15 heavy (non-hydrogen) atoms. The quantitative estimate of drug-likeness (QED) is 0.547. The third-order valence-electron chi connectivity index (χ3n) is 2.07. The monoisotopic (exact) mass is 204 g/mol. The molecule has 0 atom stereocenters. The summed E-state index contributed by atoms with van der Waals surface area (Å²) in [5, 5.41) is 18.1. The summed E-state index contributed by atoms with van der Waals surface area (Å²) in [4.78, 5) is 10.2. The number of hydrogen-bond acceptors (Lipinski definition) is 4. The molecular formula is C9H8N4O2. The van der Waals surface area contributed by atoms with Crippen LogP contribution in [0.25, 0.3) is 11.3 Å². The van der Waals surface area contributed by atoms with E-state index in [1.165, 1.54) is 12.1 Å². The van der Waals surface area contributed by atoms with Crippen molar-refractivity contribution in [2.24, 2.45) is 7.05 Å². The molecule has 0 N–H and O–H groups in total. The van der Waals surface area contributed by atoms with Gasteiger partial charge in [-0.25, -0.2) is 4.68 Å². The van der Waals surface area contributed by atoms with Gasteiger partial charge in [-0.3, -0.25) is 10.1 Å². The maximum Gasteiger partial charge on any atom is 0.270 e. The SMILES string of the molecule is Cn1nncc1-c1cccc([N+](=O)[O-])c1. The fraction of sp³-hybridized carbons (Fsp3) is 0.111. The van der Waals surface area contributed by atoms with Crippen molar-refractivity contribution in [2.75, 3.05) is 0 Å². The standard InChI is InChI=1S/C9H8N4O2/c1-12-9(6-10-11-12)7-3-2-4-8(5-7)13(14)15/h2-6H,1H3. The lowest BCUT2D eigenvalue weighted by molar-refractivity contribution is -0.384. The van der Waals surface area contributed by atoms with Gasteiger partial charge in [0.25, 0.3) is 5.69 Å². The molecule has 0 bridgehead atoms. The molecule has 2 aromatic rings. The number of aryl methyl sites for hydroxylation is 1. The number of nitro benzene ring substituents is 1. The minimum absolute atomic E-state index is 0.0636. The summed E-state index contributed by atoms with van der Waals surface area (Å²) >= 11 is 0. The molecule has 1 heterocycles. The van der Waals surface area contributed by atoms with Gasteiger partial charge in [-0.2, -0.15) is 0 Å². The summed E-state index contributed by atoms with van der Waals surface area (Å²) in [7, 11) is 1.74. The highest BCUT2D eigenvalue weighted by Crippen LogP contribution is 2.21. The Hall–Kier alpha value is -2.24. The summed E-state index contributed by atoms with van der Waals surface area (Å²) in [5.74, 6) is 0. The van der Waals surface area contributed by atoms with Crippen molar-refractivity contribution in [3.8, 4) is 11.3 Å². The van der Waals surface area contributed by atoms with Gasteiger partial charge in [0.15, 0.2) is 0 Å². The average molecular weight is 204 g/mol. The van der Waals surface area contributed by atoms with Crippen molar-refractivity contribution in [2.45, 2.75) is 0 Å². The van der Waals surface area contributed by atoms with Crippen LogP contribution in [0.3, 0.4) is 0 Å². The number of aromatic nitrogens is 3. The van der Waals surface area contributed by atoms with Crippen LogP contribution in [0, 0.1) is 10.1 Å². The zero-order chi connectivity index (χ0) is 10.8.